The fraction of sp³-hybridized carbons (Fsp3) is 0.500. The summed E-state index contributed by atoms with van der Waals surface area (Å²) in [4.78, 5) is 13.5. The molecule has 7 heteroatoms. The van der Waals surface area contributed by atoms with Crippen LogP contribution >= 0.6 is 0 Å². The van der Waals surface area contributed by atoms with Gasteiger partial charge in [-0.1, -0.05) is 25.1 Å². The first-order valence-electron chi connectivity index (χ1n) is 11.7. The van der Waals surface area contributed by atoms with E-state index in [-0.39, 0.29) is 40.7 Å². The lowest BCUT2D eigenvalue weighted by molar-refractivity contribution is -0.130. The van der Waals surface area contributed by atoms with Gasteiger partial charge in [0.2, 0.25) is 10.0 Å². The Morgan fingerprint density at radius 2 is 1.97 bits per heavy atom. The standard InChI is InChI=1S/C26H32N2O4S/c1-16-4-3-5-20(12-16)33(31,32)28-15-18-14-23(30)25(2)10-9-22-21-7-6-19(29)13-17(21)8-11-26(22,27)24(18)25/h3-7,12-13,18,22,24,28-29H,8-11,14-15,27H2,1-2H3/t18-,22?,24?,25?,26?/m1/s1. The third-order valence-electron chi connectivity index (χ3n) is 8.59. The molecule has 5 atom stereocenters. The smallest absolute Gasteiger partial charge is 0.240 e. The van der Waals surface area contributed by atoms with E-state index in [1.807, 2.05) is 32.0 Å². The van der Waals surface area contributed by atoms with Crippen molar-refractivity contribution in [1.29, 1.82) is 0 Å². The molecule has 3 aliphatic carbocycles. The molecular formula is C26H32N2O4S. The van der Waals surface area contributed by atoms with Crippen LogP contribution in [0, 0.1) is 24.2 Å². The molecule has 0 spiro atoms. The van der Waals surface area contributed by atoms with Gasteiger partial charge in [0.1, 0.15) is 11.5 Å². The maximum Gasteiger partial charge on any atom is 0.240 e. The second kappa shape index (κ2) is 7.65. The summed E-state index contributed by atoms with van der Waals surface area (Å²) in [5.74, 6) is 0.319. The fourth-order valence-electron chi connectivity index (χ4n) is 7.09. The average Bonchev–Trinajstić information content (AvgIpc) is 3.03. The average molecular weight is 469 g/mol. The summed E-state index contributed by atoms with van der Waals surface area (Å²) >= 11 is 0. The SMILES string of the molecule is Cc1cccc(S(=O)(=O)NC[C@H]2CC(=O)C3(C)CCC4c5ccc(O)cc5CCC4(N)C23)c1. The van der Waals surface area contributed by atoms with Crippen molar-refractivity contribution in [2.24, 2.45) is 23.0 Å². The van der Waals surface area contributed by atoms with Crippen LogP contribution in [0.4, 0.5) is 0 Å². The lowest BCUT2D eigenvalue weighted by Crippen LogP contribution is -2.63. The summed E-state index contributed by atoms with van der Waals surface area (Å²) in [6.45, 7) is 4.10. The van der Waals surface area contributed by atoms with Crippen LogP contribution in [0.2, 0.25) is 0 Å². The first kappa shape index (κ1) is 22.6. The molecular weight excluding hydrogens is 436 g/mol. The van der Waals surface area contributed by atoms with Crippen molar-refractivity contribution in [2.75, 3.05) is 6.54 Å². The minimum Gasteiger partial charge on any atom is -0.508 e. The lowest BCUT2D eigenvalue weighted by atomic mass is 9.50. The Balaban J connectivity index is 1.46. The van der Waals surface area contributed by atoms with Crippen LogP contribution in [0.1, 0.15) is 55.2 Å². The molecule has 4 unspecified atom stereocenters. The number of carbonyl (C=O) groups is 1. The number of aromatic hydroxyl groups is 1. The fourth-order valence-corrected chi connectivity index (χ4v) is 8.29. The Labute approximate surface area is 195 Å². The number of hydrogen-bond acceptors (Lipinski definition) is 5. The molecule has 0 heterocycles. The molecule has 4 N–H and O–H groups in total. The quantitative estimate of drug-likeness (QED) is 0.637. The predicted molar refractivity (Wildman–Crippen MR) is 126 cm³/mol. The Morgan fingerprint density at radius 3 is 2.73 bits per heavy atom. The van der Waals surface area contributed by atoms with Gasteiger partial charge in [0, 0.05) is 29.8 Å². The molecule has 0 bridgehead atoms. The van der Waals surface area contributed by atoms with Crippen molar-refractivity contribution in [3.8, 4) is 5.75 Å². The molecule has 0 aliphatic heterocycles. The summed E-state index contributed by atoms with van der Waals surface area (Å²) in [6.07, 6.45) is 3.41. The number of ketones is 1. The van der Waals surface area contributed by atoms with Crippen LogP contribution in [0.3, 0.4) is 0 Å². The van der Waals surface area contributed by atoms with Crippen molar-refractivity contribution < 1.29 is 18.3 Å². The second-order valence-electron chi connectivity index (χ2n) is 10.5. The Hall–Kier alpha value is -2.22. The largest absolute Gasteiger partial charge is 0.508 e. The number of hydrogen-bond donors (Lipinski definition) is 3. The van der Waals surface area contributed by atoms with E-state index in [2.05, 4.69) is 4.72 Å². The summed E-state index contributed by atoms with van der Waals surface area (Å²) in [5, 5.41) is 9.93. The number of sulfonamides is 1. The molecule has 2 fully saturated rings. The van der Waals surface area contributed by atoms with Crippen molar-refractivity contribution >= 4 is 15.8 Å². The third-order valence-corrected chi connectivity index (χ3v) is 10.0. The summed E-state index contributed by atoms with van der Waals surface area (Å²) in [7, 11) is -3.68. The Bertz CT molecular complexity index is 1230. The molecule has 0 saturated heterocycles. The van der Waals surface area contributed by atoms with Gasteiger partial charge >= 0.3 is 0 Å². The highest BCUT2D eigenvalue weighted by atomic mass is 32.2. The Morgan fingerprint density at radius 1 is 1.18 bits per heavy atom. The van der Waals surface area contributed by atoms with Gasteiger partial charge in [0.15, 0.2) is 0 Å². The highest BCUT2D eigenvalue weighted by Crippen LogP contribution is 2.62. The minimum atomic E-state index is -3.68. The number of fused-ring (bicyclic) bond motifs is 5. The van der Waals surface area contributed by atoms with Crippen molar-refractivity contribution in [1.82, 2.24) is 4.72 Å². The maximum absolute atomic E-state index is 13.2. The van der Waals surface area contributed by atoms with E-state index in [1.165, 1.54) is 5.56 Å². The number of phenols is 1. The van der Waals surface area contributed by atoms with Crippen molar-refractivity contribution in [2.45, 2.75) is 62.3 Å². The number of aryl methyl sites for hydroxylation is 2. The van der Waals surface area contributed by atoms with Gasteiger partial charge in [-0.2, -0.15) is 0 Å². The molecule has 176 valence electrons. The van der Waals surface area contributed by atoms with Crippen LogP contribution in [0.5, 0.6) is 5.75 Å². The molecule has 33 heavy (non-hydrogen) atoms. The first-order valence-corrected chi connectivity index (χ1v) is 13.2. The van der Waals surface area contributed by atoms with E-state index < -0.39 is 21.0 Å². The number of carbonyl (C=O) groups excluding carboxylic acids is 1. The first-order chi connectivity index (χ1) is 15.5. The third kappa shape index (κ3) is 3.52. The van der Waals surface area contributed by atoms with Gasteiger partial charge in [0.05, 0.1) is 4.90 Å². The van der Waals surface area contributed by atoms with Crippen molar-refractivity contribution in [3.63, 3.8) is 0 Å². The number of nitrogens with one attached hydrogen (secondary N) is 1. The maximum atomic E-state index is 13.2. The van der Waals surface area contributed by atoms with Crippen molar-refractivity contribution in [3.05, 3.63) is 59.2 Å². The molecule has 6 nitrogen and oxygen atoms in total. The molecule has 0 aromatic heterocycles. The number of phenolic OH excluding ortho intramolecular Hbond substituents is 1. The van der Waals surface area contributed by atoms with Gasteiger partial charge in [0.25, 0.3) is 0 Å². The second-order valence-corrected chi connectivity index (χ2v) is 12.3. The van der Waals surface area contributed by atoms with Crippen LogP contribution in [-0.2, 0) is 21.2 Å². The molecule has 0 radical (unpaired) electrons. The number of rotatable bonds is 4. The monoisotopic (exact) mass is 468 g/mol. The molecule has 2 saturated carbocycles. The van der Waals surface area contributed by atoms with Crippen LogP contribution in [-0.4, -0.2) is 31.4 Å². The summed E-state index contributed by atoms with van der Waals surface area (Å²) in [6, 6.07) is 12.4. The zero-order valence-corrected chi connectivity index (χ0v) is 20.0. The van der Waals surface area contributed by atoms with E-state index in [0.29, 0.717) is 6.42 Å². The molecule has 2 aromatic rings. The molecule has 3 aliphatic rings. The normalized spacial score (nSPS) is 33.3. The van der Waals surface area contributed by atoms with E-state index in [1.54, 1.807) is 24.3 Å². The lowest BCUT2D eigenvalue weighted by Gasteiger charge is -2.56. The zero-order chi connectivity index (χ0) is 23.6. The molecule has 5 rings (SSSR count). The van der Waals surface area contributed by atoms with Gasteiger partial charge < -0.3 is 10.8 Å². The van der Waals surface area contributed by atoms with Gasteiger partial charge in [-0.3, -0.25) is 4.79 Å². The van der Waals surface area contributed by atoms with Gasteiger partial charge in [-0.25, -0.2) is 13.1 Å². The highest BCUT2D eigenvalue weighted by Gasteiger charge is 2.64. The number of nitrogens with two attached hydrogens (primary N) is 1. The molecule has 2 aromatic carbocycles. The van der Waals surface area contributed by atoms with E-state index in [4.69, 9.17) is 5.73 Å². The molecule has 0 amide bonds. The van der Waals surface area contributed by atoms with E-state index >= 15 is 0 Å². The number of benzene rings is 2. The summed E-state index contributed by atoms with van der Waals surface area (Å²) < 4.78 is 28.7. The van der Waals surface area contributed by atoms with Crippen LogP contribution in [0.15, 0.2) is 47.4 Å². The van der Waals surface area contributed by atoms with Gasteiger partial charge in [-0.05, 0) is 85.4 Å². The van der Waals surface area contributed by atoms with E-state index in [0.717, 1.165) is 36.8 Å². The Kier molecular flexibility index (Phi) is 5.23. The number of Topliss-reactive ketones (excluding diaryl/α,β-unsaturated/α-hetero) is 1. The highest BCUT2D eigenvalue weighted by molar-refractivity contribution is 7.89. The van der Waals surface area contributed by atoms with E-state index in [9.17, 15) is 18.3 Å². The topological polar surface area (TPSA) is 109 Å². The zero-order valence-electron chi connectivity index (χ0n) is 19.2. The van der Waals surface area contributed by atoms with Gasteiger partial charge in [-0.15, -0.1) is 0 Å². The minimum absolute atomic E-state index is 0.0987. The summed E-state index contributed by atoms with van der Waals surface area (Å²) in [5.41, 5.74) is 9.29. The van der Waals surface area contributed by atoms with Crippen LogP contribution < -0.4 is 10.5 Å². The predicted octanol–water partition coefficient (Wildman–Crippen LogP) is 3.41. The van der Waals surface area contributed by atoms with Crippen LogP contribution in [0.25, 0.3) is 0 Å².